The molecule has 0 radical (unpaired) electrons. The van der Waals surface area contributed by atoms with Crippen LogP contribution in [0.4, 0.5) is 10.1 Å². The molecule has 0 spiro atoms. The summed E-state index contributed by atoms with van der Waals surface area (Å²) < 4.78 is 19.3. The Bertz CT molecular complexity index is 677. The molecule has 21 heavy (non-hydrogen) atoms. The summed E-state index contributed by atoms with van der Waals surface area (Å²) in [4.78, 5) is 0. The van der Waals surface area contributed by atoms with E-state index in [1.54, 1.807) is 32.2 Å². The van der Waals surface area contributed by atoms with Crippen LogP contribution in [0.3, 0.4) is 0 Å². The second kappa shape index (κ2) is 6.59. The van der Waals surface area contributed by atoms with Crippen molar-refractivity contribution in [3.8, 4) is 11.8 Å². The van der Waals surface area contributed by atoms with Gasteiger partial charge in [0, 0.05) is 5.69 Å². The minimum absolute atomic E-state index is 0.329. The first-order valence-corrected chi connectivity index (χ1v) is 7.09. The van der Waals surface area contributed by atoms with Crippen molar-refractivity contribution < 1.29 is 9.13 Å². The van der Waals surface area contributed by atoms with Gasteiger partial charge in [0.2, 0.25) is 0 Å². The Morgan fingerprint density at radius 3 is 2.62 bits per heavy atom. The van der Waals surface area contributed by atoms with E-state index >= 15 is 0 Å². The molecule has 2 aromatic rings. The van der Waals surface area contributed by atoms with Crippen LogP contribution in [-0.4, -0.2) is 7.11 Å². The summed E-state index contributed by atoms with van der Waals surface area (Å²) in [5.41, 5.74) is 2.14. The average Bonchev–Trinajstić information content (AvgIpc) is 2.43. The summed E-state index contributed by atoms with van der Waals surface area (Å²) in [6, 6.07) is 11.6. The Morgan fingerprint density at radius 1 is 1.29 bits per heavy atom. The summed E-state index contributed by atoms with van der Waals surface area (Å²) in [7, 11) is 1.58. The Morgan fingerprint density at radius 2 is 2.05 bits per heavy atom. The van der Waals surface area contributed by atoms with Crippen molar-refractivity contribution in [2.45, 2.75) is 13.0 Å². The fourth-order valence-electron chi connectivity index (χ4n) is 2.04. The van der Waals surface area contributed by atoms with Gasteiger partial charge >= 0.3 is 0 Å². The van der Waals surface area contributed by atoms with Gasteiger partial charge in [-0.3, -0.25) is 0 Å². The molecule has 1 atom stereocenters. The molecule has 0 aliphatic carbocycles. The van der Waals surface area contributed by atoms with Crippen LogP contribution in [0.25, 0.3) is 0 Å². The number of aryl methyl sites for hydroxylation is 1. The van der Waals surface area contributed by atoms with Crippen molar-refractivity contribution in [3.05, 3.63) is 57.8 Å². The van der Waals surface area contributed by atoms with Gasteiger partial charge in [-0.25, -0.2) is 4.39 Å². The van der Waals surface area contributed by atoms with Crippen molar-refractivity contribution in [1.82, 2.24) is 0 Å². The fourth-order valence-corrected chi connectivity index (χ4v) is 2.60. The Balaban J connectivity index is 2.28. The standard InChI is InChI=1S/C16H14BrFN2O/c1-10-5-12(18)8-13(6-10)20-15(9-19)11-3-4-16(21-2)14(17)7-11/h3-8,15,20H,1-2H3. The van der Waals surface area contributed by atoms with Gasteiger partial charge in [-0.05, 0) is 64.3 Å². The van der Waals surface area contributed by atoms with Crippen molar-refractivity contribution >= 4 is 21.6 Å². The second-order valence-electron chi connectivity index (χ2n) is 4.62. The van der Waals surface area contributed by atoms with Crippen LogP contribution in [0.5, 0.6) is 5.75 Å². The number of benzene rings is 2. The molecule has 0 fully saturated rings. The van der Waals surface area contributed by atoms with Crippen LogP contribution in [-0.2, 0) is 0 Å². The third-order valence-corrected chi connectivity index (χ3v) is 3.61. The number of nitrogens with zero attached hydrogens (tertiary/aromatic N) is 1. The number of nitrogens with one attached hydrogen (secondary N) is 1. The van der Waals surface area contributed by atoms with Crippen molar-refractivity contribution in [3.63, 3.8) is 0 Å². The predicted molar refractivity (Wildman–Crippen MR) is 83.8 cm³/mol. The quantitative estimate of drug-likeness (QED) is 0.879. The summed E-state index contributed by atoms with van der Waals surface area (Å²) in [6.07, 6.45) is 0. The molecular formula is C16H14BrFN2O. The van der Waals surface area contributed by atoms with E-state index in [1.165, 1.54) is 12.1 Å². The van der Waals surface area contributed by atoms with E-state index in [4.69, 9.17) is 4.74 Å². The zero-order chi connectivity index (χ0) is 15.4. The number of halogens is 2. The highest BCUT2D eigenvalue weighted by molar-refractivity contribution is 9.10. The van der Waals surface area contributed by atoms with Crippen LogP contribution < -0.4 is 10.1 Å². The van der Waals surface area contributed by atoms with E-state index in [0.29, 0.717) is 11.4 Å². The molecule has 0 heterocycles. The summed E-state index contributed by atoms with van der Waals surface area (Å²) in [5.74, 6) is 0.363. The molecule has 2 rings (SSSR count). The van der Waals surface area contributed by atoms with Crippen LogP contribution >= 0.6 is 15.9 Å². The number of rotatable bonds is 4. The molecule has 2 aromatic carbocycles. The fraction of sp³-hybridized carbons (Fsp3) is 0.188. The lowest BCUT2D eigenvalue weighted by Gasteiger charge is -2.15. The van der Waals surface area contributed by atoms with Crippen LogP contribution in [0.1, 0.15) is 17.2 Å². The first kappa shape index (κ1) is 15.3. The zero-order valence-electron chi connectivity index (χ0n) is 11.7. The lowest BCUT2D eigenvalue weighted by Crippen LogP contribution is -2.09. The normalized spacial score (nSPS) is 11.6. The largest absolute Gasteiger partial charge is 0.496 e. The monoisotopic (exact) mass is 348 g/mol. The predicted octanol–water partition coefficient (Wildman–Crippen LogP) is 4.58. The molecule has 108 valence electrons. The second-order valence-corrected chi connectivity index (χ2v) is 5.47. The summed E-state index contributed by atoms with van der Waals surface area (Å²) in [6.45, 7) is 1.81. The van der Waals surface area contributed by atoms with Gasteiger partial charge in [-0.2, -0.15) is 5.26 Å². The molecule has 0 saturated carbocycles. The number of ether oxygens (including phenoxy) is 1. The Hall–Kier alpha value is -2.06. The topological polar surface area (TPSA) is 45.0 Å². The minimum atomic E-state index is -0.576. The van der Waals surface area contributed by atoms with E-state index in [2.05, 4.69) is 27.3 Å². The maximum atomic E-state index is 13.4. The highest BCUT2D eigenvalue weighted by atomic mass is 79.9. The van der Waals surface area contributed by atoms with E-state index in [0.717, 1.165) is 15.6 Å². The van der Waals surface area contributed by atoms with Gasteiger partial charge in [-0.1, -0.05) is 6.07 Å². The molecule has 0 aliphatic heterocycles. The van der Waals surface area contributed by atoms with Crippen molar-refractivity contribution in [2.24, 2.45) is 0 Å². The molecule has 0 amide bonds. The van der Waals surface area contributed by atoms with Gasteiger partial charge in [0.15, 0.2) is 0 Å². The Labute approximate surface area is 131 Å². The van der Waals surface area contributed by atoms with E-state index in [-0.39, 0.29) is 5.82 Å². The molecule has 0 bridgehead atoms. The highest BCUT2D eigenvalue weighted by Gasteiger charge is 2.13. The number of methoxy groups -OCH3 is 1. The summed E-state index contributed by atoms with van der Waals surface area (Å²) >= 11 is 3.39. The zero-order valence-corrected chi connectivity index (χ0v) is 13.2. The number of anilines is 1. The first-order valence-electron chi connectivity index (χ1n) is 6.30. The van der Waals surface area contributed by atoms with Crippen molar-refractivity contribution in [2.75, 3.05) is 12.4 Å². The SMILES string of the molecule is COc1ccc(C(C#N)Nc2cc(C)cc(F)c2)cc1Br. The van der Waals surface area contributed by atoms with E-state index < -0.39 is 6.04 Å². The molecule has 0 saturated heterocycles. The summed E-state index contributed by atoms with van der Waals surface area (Å²) in [5, 5.41) is 12.4. The lowest BCUT2D eigenvalue weighted by molar-refractivity contribution is 0.412. The van der Waals surface area contributed by atoms with Gasteiger partial charge in [-0.15, -0.1) is 0 Å². The van der Waals surface area contributed by atoms with Gasteiger partial charge < -0.3 is 10.1 Å². The third-order valence-electron chi connectivity index (χ3n) is 2.99. The maximum absolute atomic E-state index is 13.4. The minimum Gasteiger partial charge on any atom is -0.496 e. The smallest absolute Gasteiger partial charge is 0.140 e. The molecule has 0 aromatic heterocycles. The first-order chi connectivity index (χ1) is 10.0. The number of hydrogen-bond acceptors (Lipinski definition) is 3. The average molecular weight is 349 g/mol. The molecule has 1 N–H and O–H groups in total. The lowest BCUT2D eigenvalue weighted by atomic mass is 10.1. The Kier molecular flexibility index (Phi) is 4.81. The maximum Gasteiger partial charge on any atom is 0.140 e. The van der Waals surface area contributed by atoms with Gasteiger partial charge in [0.1, 0.15) is 17.6 Å². The molecule has 3 nitrogen and oxygen atoms in total. The van der Waals surface area contributed by atoms with Crippen LogP contribution in [0, 0.1) is 24.1 Å². The van der Waals surface area contributed by atoms with Crippen LogP contribution in [0.2, 0.25) is 0 Å². The molecule has 5 heteroatoms. The van der Waals surface area contributed by atoms with Gasteiger partial charge in [0.05, 0.1) is 17.7 Å². The van der Waals surface area contributed by atoms with E-state index in [1.807, 2.05) is 6.07 Å². The molecule has 0 aliphatic rings. The van der Waals surface area contributed by atoms with E-state index in [9.17, 15) is 9.65 Å². The molecule has 1 unspecified atom stereocenters. The molecular weight excluding hydrogens is 335 g/mol. The van der Waals surface area contributed by atoms with Gasteiger partial charge in [0.25, 0.3) is 0 Å². The highest BCUT2D eigenvalue weighted by Crippen LogP contribution is 2.29. The number of hydrogen-bond donors (Lipinski definition) is 1. The number of nitriles is 1. The third kappa shape index (κ3) is 3.73. The van der Waals surface area contributed by atoms with Crippen LogP contribution in [0.15, 0.2) is 40.9 Å². The van der Waals surface area contributed by atoms with Crippen molar-refractivity contribution in [1.29, 1.82) is 5.26 Å².